The van der Waals surface area contributed by atoms with E-state index in [0.717, 1.165) is 33.7 Å². The molecule has 3 aromatic carbocycles. The molecule has 0 amide bonds. The van der Waals surface area contributed by atoms with E-state index in [-0.39, 0.29) is 5.82 Å². The normalized spacial score (nSPS) is 11.0. The van der Waals surface area contributed by atoms with Crippen LogP contribution in [0.3, 0.4) is 0 Å². The molecule has 146 valence electrons. The smallest absolute Gasteiger partial charge is 0.150 e. The Labute approximate surface area is 173 Å². The maximum absolute atomic E-state index is 13.5. The molecule has 5 aromatic rings. The van der Waals surface area contributed by atoms with Gasteiger partial charge in [0.1, 0.15) is 18.0 Å². The van der Waals surface area contributed by atoms with Crippen LogP contribution in [0.1, 0.15) is 5.56 Å². The van der Waals surface area contributed by atoms with Crippen LogP contribution < -0.4 is 5.32 Å². The standard InChI is InChI=1S/C25H19FN4/c26-20-11-13-21(14-12-20)30-16-22(19-9-5-2-6-10-19)23-24(28-17-29-25(23)30)27-15-18-7-3-1-4-8-18/h1-14,16-17H,15H2,(H,27,28,29). The lowest BCUT2D eigenvalue weighted by Gasteiger charge is -2.09. The molecular formula is C25H19FN4. The van der Waals surface area contributed by atoms with Gasteiger partial charge in [-0.2, -0.15) is 0 Å². The van der Waals surface area contributed by atoms with Crippen molar-refractivity contribution in [3.05, 3.63) is 109 Å². The van der Waals surface area contributed by atoms with E-state index < -0.39 is 0 Å². The fraction of sp³-hybridized carbons (Fsp3) is 0.0400. The molecule has 0 aliphatic carbocycles. The molecule has 4 nitrogen and oxygen atoms in total. The molecule has 0 saturated carbocycles. The summed E-state index contributed by atoms with van der Waals surface area (Å²) in [5, 5.41) is 4.40. The van der Waals surface area contributed by atoms with Crippen LogP contribution in [-0.4, -0.2) is 14.5 Å². The number of aromatic nitrogens is 3. The van der Waals surface area contributed by atoms with Crippen molar-refractivity contribution in [2.45, 2.75) is 6.54 Å². The lowest BCUT2D eigenvalue weighted by molar-refractivity contribution is 0.627. The molecule has 0 atom stereocenters. The van der Waals surface area contributed by atoms with Crippen LogP contribution in [0, 0.1) is 5.82 Å². The Morgan fingerprint density at radius 2 is 1.50 bits per heavy atom. The first-order chi connectivity index (χ1) is 14.8. The van der Waals surface area contributed by atoms with E-state index in [0.29, 0.717) is 6.54 Å². The van der Waals surface area contributed by atoms with Crippen molar-refractivity contribution in [2.24, 2.45) is 0 Å². The number of nitrogens with one attached hydrogen (secondary N) is 1. The SMILES string of the molecule is Fc1ccc(-n2cc(-c3ccccc3)c3c(NCc4ccccc4)ncnc32)cc1. The maximum Gasteiger partial charge on any atom is 0.150 e. The van der Waals surface area contributed by atoms with E-state index in [1.165, 1.54) is 17.7 Å². The van der Waals surface area contributed by atoms with Crippen LogP contribution in [-0.2, 0) is 6.54 Å². The molecule has 0 aliphatic heterocycles. The molecule has 2 heterocycles. The first-order valence-electron chi connectivity index (χ1n) is 9.75. The van der Waals surface area contributed by atoms with Crippen molar-refractivity contribution in [2.75, 3.05) is 5.32 Å². The third kappa shape index (κ3) is 3.42. The molecule has 0 bridgehead atoms. The summed E-state index contributed by atoms with van der Waals surface area (Å²) in [5.74, 6) is 0.502. The number of rotatable bonds is 5. The summed E-state index contributed by atoms with van der Waals surface area (Å²) in [6, 6.07) is 26.8. The molecule has 5 heteroatoms. The van der Waals surface area contributed by atoms with Crippen molar-refractivity contribution in [1.82, 2.24) is 14.5 Å². The summed E-state index contributed by atoms with van der Waals surface area (Å²) in [6.07, 6.45) is 3.60. The quantitative estimate of drug-likeness (QED) is 0.407. The van der Waals surface area contributed by atoms with E-state index in [1.807, 2.05) is 47.2 Å². The number of benzene rings is 3. The van der Waals surface area contributed by atoms with Crippen LogP contribution >= 0.6 is 0 Å². The molecule has 5 rings (SSSR count). The van der Waals surface area contributed by atoms with E-state index >= 15 is 0 Å². The predicted octanol–water partition coefficient (Wildman–Crippen LogP) is 5.84. The Morgan fingerprint density at radius 1 is 0.800 bits per heavy atom. The zero-order valence-electron chi connectivity index (χ0n) is 16.2. The Bertz CT molecular complexity index is 1280. The van der Waals surface area contributed by atoms with Crippen molar-refractivity contribution in [3.8, 4) is 16.8 Å². The highest BCUT2D eigenvalue weighted by Crippen LogP contribution is 2.35. The number of halogens is 1. The monoisotopic (exact) mass is 394 g/mol. The average Bonchev–Trinajstić information content (AvgIpc) is 3.20. The number of anilines is 1. The van der Waals surface area contributed by atoms with Gasteiger partial charge in [0.25, 0.3) is 0 Å². The number of fused-ring (bicyclic) bond motifs is 1. The topological polar surface area (TPSA) is 42.7 Å². The summed E-state index contributed by atoms with van der Waals surface area (Å²) in [4.78, 5) is 9.09. The van der Waals surface area contributed by atoms with Gasteiger partial charge in [-0.15, -0.1) is 0 Å². The number of hydrogen-bond donors (Lipinski definition) is 1. The molecule has 0 spiro atoms. The molecule has 0 fully saturated rings. The van der Waals surface area contributed by atoms with Crippen molar-refractivity contribution in [3.63, 3.8) is 0 Å². The highest BCUT2D eigenvalue weighted by Gasteiger charge is 2.17. The van der Waals surface area contributed by atoms with Crippen molar-refractivity contribution < 1.29 is 4.39 Å². The van der Waals surface area contributed by atoms with Crippen LogP contribution in [0.2, 0.25) is 0 Å². The van der Waals surface area contributed by atoms with Gasteiger partial charge in [-0.05, 0) is 35.4 Å². The molecule has 0 unspecified atom stereocenters. The second-order valence-electron chi connectivity index (χ2n) is 7.02. The van der Waals surface area contributed by atoms with Crippen LogP contribution in [0.15, 0.2) is 97.5 Å². The second kappa shape index (κ2) is 7.79. The predicted molar refractivity (Wildman–Crippen MR) is 118 cm³/mol. The zero-order valence-corrected chi connectivity index (χ0v) is 16.2. The molecule has 0 radical (unpaired) electrons. The average molecular weight is 394 g/mol. The fourth-order valence-electron chi connectivity index (χ4n) is 3.61. The molecule has 0 saturated heterocycles. The van der Waals surface area contributed by atoms with E-state index in [1.54, 1.807) is 18.5 Å². The molecule has 1 N–H and O–H groups in total. The van der Waals surface area contributed by atoms with Gasteiger partial charge in [0.05, 0.1) is 5.39 Å². The summed E-state index contributed by atoms with van der Waals surface area (Å²) in [5.41, 5.74) is 4.87. The molecule has 30 heavy (non-hydrogen) atoms. The zero-order chi connectivity index (χ0) is 20.3. The van der Waals surface area contributed by atoms with E-state index in [2.05, 4.69) is 39.6 Å². The van der Waals surface area contributed by atoms with Gasteiger partial charge < -0.3 is 9.88 Å². The first-order valence-corrected chi connectivity index (χ1v) is 9.75. The van der Waals surface area contributed by atoms with E-state index in [9.17, 15) is 4.39 Å². The highest BCUT2D eigenvalue weighted by molar-refractivity contribution is 6.02. The van der Waals surface area contributed by atoms with Gasteiger partial charge >= 0.3 is 0 Å². The summed E-state index contributed by atoms with van der Waals surface area (Å²) >= 11 is 0. The Morgan fingerprint density at radius 3 is 2.23 bits per heavy atom. The molecule has 0 aliphatic rings. The Balaban J connectivity index is 1.67. The van der Waals surface area contributed by atoms with Crippen LogP contribution in [0.25, 0.3) is 27.8 Å². The lowest BCUT2D eigenvalue weighted by atomic mass is 10.1. The fourth-order valence-corrected chi connectivity index (χ4v) is 3.61. The number of hydrogen-bond acceptors (Lipinski definition) is 3. The minimum atomic E-state index is -0.265. The lowest BCUT2D eigenvalue weighted by Crippen LogP contribution is -2.03. The minimum Gasteiger partial charge on any atom is -0.365 e. The Hall–Kier alpha value is -3.99. The minimum absolute atomic E-state index is 0.265. The third-order valence-corrected chi connectivity index (χ3v) is 5.08. The largest absolute Gasteiger partial charge is 0.365 e. The summed E-state index contributed by atoms with van der Waals surface area (Å²) < 4.78 is 15.4. The molecule has 2 aromatic heterocycles. The van der Waals surface area contributed by atoms with Gasteiger partial charge in [0.15, 0.2) is 5.65 Å². The van der Waals surface area contributed by atoms with Gasteiger partial charge in [-0.3, -0.25) is 0 Å². The van der Waals surface area contributed by atoms with E-state index in [4.69, 9.17) is 0 Å². The summed E-state index contributed by atoms with van der Waals surface area (Å²) in [7, 11) is 0. The van der Waals surface area contributed by atoms with Gasteiger partial charge in [-0.1, -0.05) is 60.7 Å². The first kappa shape index (κ1) is 18.1. The number of nitrogens with zero attached hydrogens (tertiary/aromatic N) is 3. The second-order valence-corrected chi connectivity index (χ2v) is 7.02. The Kier molecular flexibility index (Phi) is 4.69. The van der Waals surface area contributed by atoms with Crippen LogP contribution in [0.5, 0.6) is 0 Å². The van der Waals surface area contributed by atoms with Gasteiger partial charge in [-0.25, -0.2) is 14.4 Å². The maximum atomic E-state index is 13.5. The molecular weight excluding hydrogens is 375 g/mol. The summed E-state index contributed by atoms with van der Waals surface area (Å²) in [6.45, 7) is 0.656. The van der Waals surface area contributed by atoms with Gasteiger partial charge in [0, 0.05) is 24.0 Å². The van der Waals surface area contributed by atoms with Crippen molar-refractivity contribution >= 4 is 16.9 Å². The third-order valence-electron chi connectivity index (χ3n) is 5.08. The highest BCUT2D eigenvalue weighted by atomic mass is 19.1. The van der Waals surface area contributed by atoms with Crippen molar-refractivity contribution in [1.29, 1.82) is 0 Å². The van der Waals surface area contributed by atoms with Gasteiger partial charge in [0.2, 0.25) is 0 Å². The van der Waals surface area contributed by atoms with Crippen LogP contribution in [0.4, 0.5) is 10.2 Å².